The van der Waals surface area contributed by atoms with Crippen molar-refractivity contribution in [2.75, 3.05) is 26.8 Å². The van der Waals surface area contributed by atoms with Crippen molar-refractivity contribution < 1.29 is 9.53 Å². The normalized spacial score (nSPS) is 11.6. The molecule has 0 spiro atoms. The molecular weight excluding hydrogens is 323 g/mol. The van der Waals surface area contributed by atoms with E-state index in [1.165, 1.54) is 0 Å². The van der Waals surface area contributed by atoms with Gasteiger partial charge in [-0.05, 0) is 18.6 Å². The summed E-state index contributed by atoms with van der Waals surface area (Å²) in [5, 5.41) is 6.79. The number of methoxy groups -OCH3 is 1. The maximum Gasteiger partial charge on any atom is 0.234 e. The summed E-state index contributed by atoms with van der Waals surface area (Å²) in [7, 11) is 1.62. The Labute approximate surface area is 135 Å². The first-order valence-electron chi connectivity index (χ1n) is 5.99. The number of hydrogen-bond donors (Lipinski definition) is 2. The van der Waals surface area contributed by atoms with E-state index in [1.54, 1.807) is 13.2 Å². The Balaban J connectivity index is 0.00000361. The Morgan fingerprint density at radius 2 is 2.10 bits per heavy atom. The predicted octanol–water partition coefficient (Wildman–Crippen LogP) is 2.83. The molecule has 1 aromatic carbocycles. The lowest BCUT2D eigenvalue weighted by Crippen LogP contribution is -2.36. The average Bonchev–Trinajstić information content (AvgIpc) is 2.38. The van der Waals surface area contributed by atoms with Crippen molar-refractivity contribution in [3.8, 4) is 0 Å². The number of carbonyl (C=O) groups excluding carboxylic acids is 1. The lowest BCUT2D eigenvalue weighted by atomic mass is 10.1. The molecule has 20 heavy (non-hydrogen) atoms. The monoisotopic (exact) mass is 340 g/mol. The Hall–Kier alpha value is -0.520. The zero-order valence-electron chi connectivity index (χ0n) is 11.4. The summed E-state index contributed by atoms with van der Waals surface area (Å²) in [6.07, 6.45) is 0. The molecular formula is C13H19Cl3N2O2. The van der Waals surface area contributed by atoms with Crippen LogP contribution in [0.3, 0.4) is 0 Å². The van der Waals surface area contributed by atoms with Crippen molar-refractivity contribution in [1.29, 1.82) is 0 Å². The highest BCUT2D eigenvalue weighted by Crippen LogP contribution is 2.29. The van der Waals surface area contributed by atoms with Crippen LogP contribution in [0.5, 0.6) is 0 Å². The molecule has 0 radical (unpaired) electrons. The number of halogens is 3. The third-order valence-corrected chi connectivity index (χ3v) is 3.43. The Morgan fingerprint density at radius 3 is 2.75 bits per heavy atom. The molecule has 0 saturated carbocycles. The zero-order valence-corrected chi connectivity index (χ0v) is 13.7. The second kappa shape index (κ2) is 10.2. The molecule has 2 N–H and O–H groups in total. The number of nitrogens with one attached hydrogen (secondary N) is 2. The van der Waals surface area contributed by atoms with Crippen LogP contribution in [0.1, 0.15) is 18.5 Å². The molecule has 0 aliphatic rings. The molecule has 1 rings (SSSR count). The first-order valence-corrected chi connectivity index (χ1v) is 6.74. The Morgan fingerprint density at radius 1 is 1.40 bits per heavy atom. The third-order valence-electron chi connectivity index (χ3n) is 2.59. The standard InChI is InChI=1S/C13H18Cl2N2O2.ClH/c1-9(10-4-3-5-11(14)13(10)15)17-12(18)8-16-6-7-19-2;/h3-5,9,16H,6-8H2,1-2H3,(H,17,18);1H. The van der Waals surface area contributed by atoms with E-state index in [1.807, 2.05) is 19.1 Å². The van der Waals surface area contributed by atoms with Crippen LogP contribution in [-0.2, 0) is 9.53 Å². The quantitative estimate of drug-likeness (QED) is 0.750. The fraction of sp³-hybridized carbons (Fsp3) is 0.462. The number of hydrogen-bond acceptors (Lipinski definition) is 3. The highest BCUT2D eigenvalue weighted by molar-refractivity contribution is 6.42. The molecule has 1 aromatic rings. The smallest absolute Gasteiger partial charge is 0.234 e. The van der Waals surface area contributed by atoms with Gasteiger partial charge in [0.2, 0.25) is 5.91 Å². The third kappa shape index (κ3) is 6.29. The van der Waals surface area contributed by atoms with Gasteiger partial charge in [0.1, 0.15) is 0 Å². The van der Waals surface area contributed by atoms with Crippen molar-refractivity contribution in [3.05, 3.63) is 33.8 Å². The van der Waals surface area contributed by atoms with Crippen LogP contribution in [0.25, 0.3) is 0 Å². The van der Waals surface area contributed by atoms with Crippen LogP contribution in [0.15, 0.2) is 18.2 Å². The molecule has 0 heterocycles. The lowest BCUT2D eigenvalue weighted by Gasteiger charge is -2.16. The van der Waals surface area contributed by atoms with Crippen LogP contribution >= 0.6 is 35.6 Å². The van der Waals surface area contributed by atoms with E-state index in [4.69, 9.17) is 27.9 Å². The number of rotatable bonds is 7. The van der Waals surface area contributed by atoms with Crippen LogP contribution in [0, 0.1) is 0 Å². The summed E-state index contributed by atoms with van der Waals surface area (Å²) in [6, 6.07) is 5.18. The number of benzene rings is 1. The van der Waals surface area contributed by atoms with Gasteiger partial charge in [-0.25, -0.2) is 0 Å². The Bertz CT molecular complexity index is 430. The minimum absolute atomic E-state index is 0. The zero-order chi connectivity index (χ0) is 14.3. The molecule has 0 aliphatic heterocycles. The van der Waals surface area contributed by atoms with Gasteiger partial charge in [-0.3, -0.25) is 4.79 Å². The van der Waals surface area contributed by atoms with Gasteiger partial charge in [0.25, 0.3) is 0 Å². The Kier molecular flexibility index (Phi) is 9.98. The van der Waals surface area contributed by atoms with Crippen molar-refractivity contribution in [1.82, 2.24) is 10.6 Å². The SMILES string of the molecule is COCCNCC(=O)NC(C)c1cccc(Cl)c1Cl.Cl. The second-order valence-corrected chi connectivity index (χ2v) is 4.89. The molecule has 7 heteroatoms. The molecule has 0 fully saturated rings. The van der Waals surface area contributed by atoms with Gasteiger partial charge in [-0.15, -0.1) is 12.4 Å². The highest BCUT2D eigenvalue weighted by atomic mass is 35.5. The summed E-state index contributed by atoms with van der Waals surface area (Å²) in [5.41, 5.74) is 0.805. The first-order chi connectivity index (χ1) is 9.06. The van der Waals surface area contributed by atoms with E-state index in [2.05, 4.69) is 10.6 Å². The maximum absolute atomic E-state index is 11.7. The van der Waals surface area contributed by atoms with Gasteiger partial charge in [-0.2, -0.15) is 0 Å². The fourth-order valence-corrected chi connectivity index (χ4v) is 2.07. The van der Waals surface area contributed by atoms with Gasteiger partial charge < -0.3 is 15.4 Å². The summed E-state index contributed by atoms with van der Waals surface area (Å²) < 4.78 is 4.88. The van der Waals surface area contributed by atoms with Gasteiger partial charge in [0, 0.05) is 13.7 Å². The maximum atomic E-state index is 11.7. The summed E-state index contributed by atoms with van der Waals surface area (Å²) >= 11 is 12.0. The van der Waals surface area contributed by atoms with E-state index in [0.29, 0.717) is 23.2 Å². The van der Waals surface area contributed by atoms with E-state index in [0.717, 1.165) is 5.56 Å². The lowest BCUT2D eigenvalue weighted by molar-refractivity contribution is -0.120. The minimum Gasteiger partial charge on any atom is -0.383 e. The van der Waals surface area contributed by atoms with Gasteiger partial charge in [-0.1, -0.05) is 35.3 Å². The number of ether oxygens (including phenoxy) is 1. The predicted molar refractivity (Wildman–Crippen MR) is 85.0 cm³/mol. The van der Waals surface area contributed by atoms with Crippen molar-refractivity contribution in [3.63, 3.8) is 0 Å². The summed E-state index contributed by atoms with van der Waals surface area (Å²) in [6.45, 7) is 3.32. The number of carbonyl (C=O) groups is 1. The van der Waals surface area contributed by atoms with Crippen molar-refractivity contribution in [2.45, 2.75) is 13.0 Å². The summed E-state index contributed by atoms with van der Waals surface area (Å²) in [4.78, 5) is 11.7. The van der Waals surface area contributed by atoms with E-state index in [9.17, 15) is 4.79 Å². The van der Waals surface area contributed by atoms with E-state index < -0.39 is 0 Å². The molecule has 0 aliphatic carbocycles. The molecule has 1 unspecified atom stereocenters. The molecule has 0 saturated heterocycles. The van der Waals surface area contributed by atoms with Crippen molar-refractivity contribution >= 4 is 41.5 Å². The van der Waals surface area contributed by atoms with E-state index >= 15 is 0 Å². The van der Waals surface area contributed by atoms with Crippen LogP contribution < -0.4 is 10.6 Å². The first kappa shape index (κ1) is 19.5. The second-order valence-electron chi connectivity index (χ2n) is 4.10. The summed E-state index contributed by atoms with van der Waals surface area (Å²) in [5.74, 6) is -0.0976. The average molecular weight is 342 g/mol. The van der Waals surface area contributed by atoms with Crippen LogP contribution in [0.2, 0.25) is 10.0 Å². The molecule has 0 bridgehead atoms. The molecule has 1 atom stereocenters. The highest BCUT2D eigenvalue weighted by Gasteiger charge is 2.13. The van der Waals surface area contributed by atoms with Crippen LogP contribution in [-0.4, -0.2) is 32.7 Å². The molecule has 1 amide bonds. The molecule has 0 aromatic heterocycles. The van der Waals surface area contributed by atoms with Gasteiger partial charge >= 0.3 is 0 Å². The van der Waals surface area contributed by atoms with E-state index in [-0.39, 0.29) is 30.9 Å². The van der Waals surface area contributed by atoms with Crippen molar-refractivity contribution in [2.24, 2.45) is 0 Å². The molecule has 114 valence electrons. The van der Waals surface area contributed by atoms with Gasteiger partial charge in [0.15, 0.2) is 0 Å². The molecule has 4 nitrogen and oxygen atoms in total. The number of amides is 1. The minimum atomic E-state index is -0.192. The topological polar surface area (TPSA) is 50.4 Å². The van der Waals surface area contributed by atoms with Gasteiger partial charge in [0.05, 0.1) is 29.2 Å². The van der Waals surface area contributed by atoms with Crippen LogP contribution in [0.4, 0.5) is 0 Å². The largest absolute Gasteiger partial charge is 0.383 e. The fourth-order valence-electron chi connectivity index (χ4n) is 1.60.